The van der Waals surface area contributed by atoms with Crippen molar-refractivity contribution in [2.45, 2.75) is 9.92 Å². The molecule has 0 saturated carbocycles. The number of amides is 1. The van der Waals surface area contributed by atoms with E-state index in [-0.39, 0.29) is 0 Å². The van der Waals surface area contributed by atoms with E-state index in [1.807, 2.05) is 18.2 Å². The van der Waals surface area contributed by atoms with E-state index < -0.39 is 5.91 Å². The number of para-hydroxylation sites is 1. The number of hydrogen-bond acceptors (Lipinski definition) is 4. The highest BCUT2D eigenvalue weighted by Gasteiger charge is 2.10. The molecular weight excluding hydrogens is 314 g/mol. The van der Waals surface area contributed by atoms with Crippen LogP contribution in [0.2, 0.25) is 0 Å². The first-order chi connectivity index (χ1) is 8.58. The molecule has 2 aromatic rings. The van der Waals surface area contributed by atoms with Gasteiger partial charge in [-0.3, -0.25) is 4.79 Å². The smallest absolute Gasteiger partial charge is 0.250 e. The summed E-state index contributed by atoms with van der Waals surface area (Å²) in [5, 5.41) is 0.798. The zero-order valence-electron chi connectivity index (χ0n) is 9.26. The quantitative estimate of drug-likeness (QED) is 0.851. The van der Waals surface area contributed by atoms with E-state index in [9.17, 15) is 4.79 Å². The minimum absolute atomic E-state index is 0.331. The summed E-state index contributed by atoms with van der Waals surface area (Å²) in [4.78, 5) is 16.2. The molecule has 0 spiro atoms. The molecule has 2 rings (SSSR count). The van der Waals surface area contributed by atoms with Crippen molar-refractivity contribution in [3.63, 3.8) is 0 Å². The summed E-state index contributed by atoms with van der Waals surface area (Å²) in [6, 6.07) is 8.94. The third kappa shape index (κ3) is 2.83. The van der Waals surface area contributed by atoms with E-state index in [2.05, 4.69) is 20.9 Å². The summed E-state index contributed by atoms with van der Waals surface area (Å²) in [7, 11) is 0. The van der Waals surface area contributed by atoms with Crippen molar-refractivity contribution in [2.75, 3.05) is 5.73 Å². The number of hydrogen-bond donors (Lipinski definition) is 2. The Labute approximate surface area is 117 Å². The molecular formula is C12H10BrN3OS. The van der Waals surface area contributed by atoms with Gasteiger partial charge in [0.1, 0.15) is 5.03 Å². The highest BCUT2D eigenvalue weighted by Crippen LogP contribution is 2.32. The zero-order chi connectivity index (χ0) is 13.1. The largest absolute Gasteiger partial charge is 0.397 e. The van der Waals surface area contributed by atoms with Gasteiger partial charge < -0.3 is 11.5 Å². The lowest BCUT2D eigenvalue weighted by atomic mass is 10.2. The van der Waals surface area contributed by atoms with Crippen molar-refractivity contribution >= 4 is 39.3 Å². The Balaban J connectivity index is 2.32. The Morgan fingerprint density at radius 2 is 2.06 bits per heavy atom. The zero-order valence-corrected chi connectivity index (χ0v) is 11.7. The summed E-state index contributed by atoms with van der Waals surface area (Å²) in [5.41, 5.74) is 11.9. The Kier molecular flexibility index (Phi) is 3.88. The van der Waals surface area contributed by atoms with Gasteiger partial charge in [0.05, 0.1) is 11.3 Å². The van der Waals surface area contributed by atoms with Crippen LogP contribution < -0.4 is 11.5 Å². The van der Waals surface area contributed by atoms with E-state index in [0.29, 0.717) is 11.3 Å². The summed E-state index contributed by atoms with van der Waals surface area (Å²) in [6.07, 6.45) is 1.70. The molecule has 1 aromatic heterocycles. The molecule has 6 heteroatoms. The van der Waals surface area contributed by atoms with Crippen LogP contribution in [0.5, 0.6) is 0 Å². The SMILES string of the molecule is NC(=O)c1cccc(Sc2ccc(Br)cn2)c1N. The lowest BCUT2D eigenvalue weighted by Crippen LogP contribution is -2.13. The van der Waals surface area contributed by atoms with Gasteiger partial charge in [0.2, 0.25) is 0 Å². The van der Waals surface area contributed by atoms with Crippen molar-refractivity contribution in [2.24, 2.45) is 5.73 Å². The molecule has 0 fully saturated rings. The average Bonchev–Trinajstić information content (AvgIpc) is 2.34. The second-order valence-electron chi connectivity index (χ2n) is 3.50. The molecule has 0 aliphatic carbocycles. The number of primary amides is 1. The van der Waals surface area contributed by atoms with Crippen LogP contribution in [-0.4, -0.2) is 10.9 Å². The molecule has 92 valence electrons. The lowest BCUT2D eigenvalue weighted by Gasteiger charge is -2.07. The summed E-state index contributed by atoms with van der Waals surface area (Å²) < 4.78 is 0.908. The number of carbonyl (C=O) groups is 1. The Bertz CT molecular complexity index is 586. The molecule has 0 bridgehead atoms. The fraction of sp³-hybridized carbons (Fsp3) is 0. The second-order valence-corrected chi connectivity index (χ2v) is 5.48. The van der Waals surface area contributed by atoms with Crippen LogP contribution in [0, 0.1) is 0 Å². The minimum Gasteiger partial charge on any atom is -0.397 e. The first kappa shape index (κ1) is 12.9. The molecule has 1 heterocycles. The van der Waals surface area contributed by atoms with Gasteiger partial charge >= 0.3 is 0 Å². The van der Waals surface area contributed by atoms with E-state index in [1.54, 1.807) is 18.3 Å². The number of nitrogen functional groups attached to an aromatic ring is 1. The van der Waals surface area contributed by atoms with Crippen molar-refractivity contribution in [1.29, 1.82) is 0 Å². The molecule has 1 aromatic carbocycles. The second kappa shape index (κ2) is 5.41. The standard InChI is InChI=1S/C12H10BrN3OS/c13-7-4-5-10(16-6-7)18-9-3-1-2-8(11(9)14)12(15)17/h1-6H,14H2,(H2,15,17). The minimum atomic E-state index is -0.529. The molecule has 4 N–H and O–H groups in total. The fourth-order valence-electron chi connectivity index (χ4n) is 1.38. The van der Waals surface area contributed by atoms with Crippen LogP contribution >= 0.6 is 27.7 Å². The predicted molar refractivity (Wildman–Crippen MR) is 75.4 cm³/mol. The maximum atomic E-state index is 11.2. The maximum Gasteiger partial charge on any atom is 0.250 e. The average molecular weight is 324 g/mol. The van der Waals surface area contributed by atoms with Crippen molar-refractivity contribution in [1.82, 2.24) is 4.98 Å². The number of nitrogens with zero attached hydrogens (tertiary/aromatic N) is 1. The van der Waals surface area contributed by atoms with Crippen molar-refractivity contribution in [3.8, 4) is 0 Å². The number of benzene rings is 1. The van der Waals surface area contributed by atoms with Crippen molar-refractivity contribution in [3.05, 3.63) is 46.6 Å². The van der Waals surface area contributed by atoms with Crippen LogP contribution in [-0.2, 0) is 0 Å². The van der Waals surface area contributed by atoms with E-state index in [1.165, 1.54) is 11.8 Å². The number of halogens is 1. The van der Waals surface area contributed by atoms with Crippen molar-refractivity contribution < 1.29 is 4.79 Å². The van der Waals surface area contributed by atoms with Crippen LogP contribution in [0.25, 0.3) is 0 Å². The van der Waals surface area contributed by atoms with Gasteiger partial charge in [0.25, 0.3) is 5.91 Å². The van der Waals surface area contributed by atoms with Gasteiger partial charge in [-0.1, -0.05) is 17.8 Å². The van der Waals surface area contributed by atoms with Gasteiger partial charge in [0, 0.05) is 15.6 Å². The molecule has 0 aliphatic rings. The molecule has 1 amide bonds. The van der Waals surface area contributed by atoms with E-state index in [0.717, 1.165) is 14.4 Å². The molecule has 0 atom stereocenters. The number of rotatable bonds is 3. The van der Waals surface area contributed by atoms with Gasteiger partial charge in [-0.25, -0.2) is 4.98 Å². The molecule has 0 unspecified atom stereocenters. The third-order valence-electron chi connectivity index (χ3n) is 2.25. The summed E-state index contributed by atoms with van der Waals surface area (Å²) in [5.74, 6) is -0.529. The molecule has 0 radical (unpaired) electrons. The predicted octanol–water partition coefficient (Wildman–Crippen LogP) is 2.68. The summed E-state index contributed by atoms with van der Waals surface area (Å²) in [6.45, 7) is 0. The third-order valence-corrected chi connectivity index (χ3v) is 3.74. The van der Waals surface area contributed by atoms with Gasteiger partial charge in [-0.15, -0.1) is 0 Å². The van der Waals surface area contributed by atoms with Gasteiger partial charge in [0.15, 0.2) is 0 Å². The van der Waals surface area contributed by atoms with Crippen LogP contribution in [0.1, 0.15) is 10.4 Å². The van der Waals surface area contributed by atoms with E-state index >= 15 is 0 Å². The number of carbonyl (C=O) groups excluding carboxylic acids is 1. The number of nitrogens with two attached hydrogens (primary N) is 2. The monoisotopic (exact) mass is 323 g/mol. The van der Waals surface area contributed by atoms with Gasteiger partial charge in [-0.2, -0.15) is 0 Å². The first-order valence-electron chi connectivity index (χ1n) is 5.05. The maximum absolute atomic E-state index is 11.2. The Hall–Kier alpha value is -1.53. The molecule has 18 heavy (non-hydrogen) atoms. The first-order valence-corrected chi connectivity index (χ1v) is 6.66. The number of anilines is 1. The highest BCUT2D eigenvalue weighted by atomic mass is 79.9. The number of aromatic nitrogens is 1. The van der Waals surface area contributed by atoms with Gasteiger partial charge in [-0.05, 0) is 40.2 Å². The molecule has 4 nitrogen and oxygen atoms in total. The highest BCUT2D eigenvalue weighted by molar-refractivity contribution is 9.10. The topological polar surface area (TPSA) is 82.0 Å². The number of pyridine rings is 1. The van der Waals surface area contributed by atoms with Crippen LogP contribution in [0.4, 0.5) is 5.69 Å². The lowest BCUT2D eigenvalue weighted by molar-refractivity contribution is 0.100. The Morgan fingerprint density at radius 3 is 2.67 bits per heavy atom. The van der Waals surface area contributed by atoms with E-state index in [4.69, 9.17) is 11.5 Å². The normalized spacial score (nSPS) is 10.3. The van der Waals surface area contributed by atoms with Crippen LogP contribution in [0.3, 0.4) is 0 Å². The molecule has 0 saturated heterocycles. The summed E-state index contributed by atoms with van der Waals surface area (Å²) >= 11 is 4.71. The fourth-order valence-corrected chi connectivity index (χ4v) is 2.45. The molecule has 0 aliphatic heterocycles. The van der Waals surface area contributed by atoms with Crippen LogP contribution in [0.15, 0.2) is 50.9 Å². The Morgan fingerprint density at radius 1 is 1.28 bits per heavy atom.